The molecule has 188 valence electrons. The summed E-state index contributed by atoms with van der Waals surface area (Å²) >= 11 is 0. The smallest absolute Gasteiger partial charge is 0.405 e. The van der Waals surface area contributed by atoms with E-state index in [2.05, 4.69) is 48.5 Å². The number of nitrogen functional groups attached to an aromatic ring is 1. The van der Waals surface area contributed by atoms with Crippen LogP contribution in [0.15, 0.2) is 18.2 Å². The molecular weight excluding hydrogens is 448 g/mol. The highest BCUT2D eigenvalue weighted by Gasteiger charge is 2.50. The lowest BCUT2D eigenvalue weighted by Gasteiger charge is -2.52. The first-order chi connectivity index (χ1) is 16.5. The Labute approximate surface area is 204 Å². The molecule has 6 N–H and O–H groups in total. The topological polar surface area (TPSA) is 151 Å². The van der Waals surface area contributed by atoms with Crippen molar-refractivity contribution >= 4 is 34.6 Å². The van der Waals surface area contributed by atoms with Gasteiger partial charge in [-0.1, -0.05) is 6.92 Å². The number of nitrogens with zero attached hydrogens (tertiary/aromatic N) is 4. The predicted molar refractivity (Wildman–Crippen MR) is 138 cm³/mol. The molecule has 35 heavy (non-hydrogen) atoms. The van der Waals surface area contributed by atoms with Crippen LogP contribution < -0.4 is 25.6 Å². The van der Waals surface area contributed by atoms with Crippen LogP contribution in [0.1, 0.15) is 34.1 Å². The second-order valence-electron chi connectivity index (χ2n) is 10.4. The van der Waals surface area contributed by atoms with Gasteiger partial charge in [0.2, 0.25) is 11.8 Å². The lowest BCUT2D eigenvalue weighted by atomic mass is 9.87. The Morgan fingerprint density at radius 3 is 2.63 bits per heavy atom. The van der Waals surface area contributed by atoms with Crippen LogP contribution in [0.4, 0.5) is 22.4 Å². The van der Waals surface area contributed by atoms with E-state index in [1.807, 2.05) is 18.2 Å². The number of hydrogen-bond acceptors (Lipinski definition) is 7. The first-order valence-corrected chi connectivity index (χ1v) is 11.7. The Balaban J connectivity index is 1.90. The van der Waals surface area contributed by atoms with Crippen LogP contribution in [0.2, 0.25) is 0 Å². The minimum Gasteiger partial charge on any atom is -0.496 e. The van der Waals surface area contributed by atoms with E-state index < -0.39 is 6.09 Å². The van der Waals surface area contributed by atoms with Crippen molar-refractivity contribution in [3.05, 3.63) is 18.2 Å². The number of ether oxygens (including phenoxy) is 1. The van der Waals surface area contributed by atoms with Crippen LogP contribution in [0.5, 0.6) is 5.75 Å². The average Bonchev–Trinajstić information content (AvgIpc) is 3.17. The number of H-pyrrole nitrogens is 1. The molecule has 3 atom stereocenters. The molecule has 2 aromatic heterocycles. The Morgan fingerprint density at radius 1 is 1.26 bits per heavy atom. The third-order valence-corrected chi connectivity index (χ3v) is 7.00. The van der Waals surface area contributed by atoms with Crippen LogP contribution >= 0.6 is 0 Å². The number of methoxy groups -OCH3 is 1. The predicted octanol–water partition coefficient (Wildman–Crippen LogP) is 3.43. The number of carbonyl (C=O) groups is 1. The van der Waals surface area contributed by atoms with Gasteiger partial charge < -0.3 is 26.2 Å². The van der Waals surface area contributed by atoms with Crippen LogP contribution in [-0.2, 0) is 0 Å². The van der Waals surface area contributed by atoms with E-state index in [0.717, 1.165) is 40.9 Å². The zero-order chi connectivity index (χ0) is 25.5. The molecule has 3 heterocycles. The number of carboxylic acid groups (broad SMARTS) is 1. The van der Waals surface area contributed by atoms with Crippen molar-refractivity contribution in [1.29, 1.82) is 0 Å². The third-order valence-electron chi connectivity index (χ3n) is 7.00. The van der Waals surface area contributed by atoms with Gasteiger partial charge >= 0.3 is 6.09 Å². The maximum Gasteiger partial charge on any atom is 0.405 e. The highest BCUT2D eigenvalue weighted by Crippen LogP contribution is 2.41. The van der Waals surface area contributed by atoms with Gasteiger partial charge in [0.05, 0.1) is 41.8 Å². The summed E-state index contributed by atoms with van der Waals surface area (Å²) in [6.07, 6.45) is -0.219. The zero-order valence-electron chi connectivity index (χ0n) is 21.1. The Bertz CT molecular complexity index is 1250. The number of aromatic nitrogens is 4. The Morgan fingerprint density at radius 2 is 2.00 bits per heavy atom. The maximum absolute atomic E-state index is 11.5. The molecule has 1 saturated heterocycles. The van der Waals surface area contributed by atoms with Gasteiger partial charge in [0, 0.05) is 24.6 Å². The lowest BCUT2D eigenvalue weighted by molar-refractivity contribution is 0.0652. The van der Waals surface area contributed by atoms with Gasteiger partial charge in [-0.05, 0) is 39.3 Å². The normalized spacial score (nSPS) is 22.7. The molecule has 3 aromatic rings. The number of hydrogen-bond donors (Lipinski definition) is 5. The number of amides is 1. The number of likely N-dealkylation sites (tertiary alicyclic amines) is 1. The number of fused-ring (bicyclic) bond motifs is 1. The summed E-state index contributed by atoms with van der Waals surface area (Å²) in [5.41, 5.74) is 8.08. The number of quaternary nitrogens is 1. The van der Waals surface area contributed by atoms with E-state index in [1.54, 1.807) is 14.2 Å². The summed E-state index contributed by atoms with van der Waals surface area (Å²) in [4.78, 5) is 21.1. The largest absolute Gasteiger partial charge is 0.496 e. The van der Waals surface area contributed by atoms with Crippen molar-refractivity contribution in [2.45, 2.75) is 45.7 Å². The molecule has 1 unspecified atom stereocenters. The van der Waals surface area contributed by atoms with Gasteiger partial charge in [0.1, 0.15) is 12.3 Å². The molecule has 11 heteroatoms. The SMILES string of the molecule is CNc1nc(-c2cc(OC)c3c(N)n[nH]c3c2)cc([N+]2(C(C)(C)C)C[C@H](C)C[C@@H](NC(=O)O)C2)n1. The molecule has 1 aliphatic rings. The quantitative estimate of drug-likeness (QED) is 0.346. The fourth-order valence-corrected chi connectivity index (χ4v) is 5.34. The van der Waals surface area contributed by atoms with Gasteiger partial charge in [0.25, 0.3) is 0 Å². The zero-order valence-corrected chi connectivity index (χ0v) is 21.1. The van der Waals surface area contributed by atoms with Crippen LogP contribution in [-0.4, -0.2) is 70.2 Å². The first-order valence-electron chi connectivity index (χ1n) is 11.7. The number of benzene rings is 1. The first kappa shape index (κ1) is 24.5. The van der Waals surface area contributed by atoms with E-state index in [9.17, 15) is 9.90 Å². The molecule has 1 amide bonds. The van der Waals surface area contributed by atoms with Crippen molar-refractivity contribution in [2.75, 3.05) is 38.3 Å². The molecular formula is C24H35N8O3+. The molecule has 0 radical (unpaired) electrons. The minimum absolute atomic E-state index is 0.184. The van der Waals surface area contributed by atoms with Gasteiger partial charge in [-0.25, -0.2) is 9.78 Å². The van der Waals surface area contributed by atoms with E-state index >= 15 is 0 Å². The van der Waals surface area contributed by atoms with Crippen molar-refractivity contribution in [3.8, 4) is 17.0 Å². The summed E-state index contributed by atoms with van der Waals surface area (Å²) in [5.74, 6) is 2.59. The Kier molecular flexibility index (Phi) is 6.22. The number of aromatic amines is 1. The van der Waals surface area contributed by atoms with E-state index in [-0.39, 0.29) is 11.6 Å². The summed E-state index contributed by atoms with van der Waals surface area (Å²) in [5, 5.41) is 23.0. The number of piperidine rings is 1. The monoisotopic (exact) mass is 483 g/mol. The second-order valence-corrected chi connectivity index (χ2v) is 10.4. The van der Waals surface area contributed by atoms with Gasteiger partial charge in [-0.3, -0.25) is 9.58 Å². The van der Waals surface area contributed by atoms with E-state index in [0.29, 0.717) is 34.5 Å². The standard InChI is InChI=1S/C24H34N8O3/c1-13-7-15(27-23(33)34)12-32(11-13,24(2,3)4)19-10-16(28-22(26-5)29-19)14-8-17-20(18(9-14)35-6)21(25)31-30-17/h8-10,13,15,27H,7,11-12H2,1-6H3,(H4-,25,26,28,29,30,31,33,34)/p+1/t13-,15-,32?/m1/s1. The minimum atomic E-state index is -1.00. The van der Waals surface area contributed by atoms with Gasteiger partial charge in [-0.15, -0.1) is 0 Å². The second kappa shape index (κ2) is 8.88. The van der Waals surface area contributed by atoms with Gasteiger partial charge in [-0.2, -0.15) is 10.1 Å². The molecule has 0 aliphatic carbocycles. The molecule has 1 aromatic carbocycles. The lowest BCUT2D eigenvalue weighted by Crippen LogP contribution is -2.70. The highest BCUT2D eigenvalue weighted by atomic mass is 16.5. The van der Waals surface area contributed by atoms with Crippen molar-refractivity contribution in [1.82, 2.24) is 30.0 Å². The molecule has 1 aliphatic heterocycles. The van der Waals surface area contributed by atoms with Gasteiger partial charge in [0.15, 0.2) is 5.82 Å². The Hall–Kier alpha value is -3.60. The molecule has 0 bridgehead atoms. The summed E-state index contributed by atoms with van der Waals surface area (Å²) < 4.78 is 6.12. The fraction of sp³-hybridized carbons (Fsp3) is 0.500. The van der Waals surface area contributed by atoms with E-state index in [1.165, 1.54) is 0 Å². The number of nitrogens with two attached hydrogens (primary N) is 1. The molecule has 11 nitrogen and oxygen atoms in total. The fourth-order valence-electron chi connectivity index (χ4n) is 5.34. The molecule has 1 fully saturated rings. The van der Waals surface area contributed by atoms with Crippen molar-refractivity contribution in [3.63, 3.8) is 0 Å². The highest BCUT2D eigenvalue weighted by molar-refractivity contribution is 5.97. The average molecular weight is 484 g/mol. The summed E-state index contributed by atoms with van der Waals surface area (Å²) in [6.45, 7) is 10.1. The summed E-state index contributed by atoms with van der Waals surface area (Å²) in [6, 6.07) is 5.66. The van der Waals surface area contributed by atoms with Crippen LogP contribution in [0.3, 0.4) is 0 Å². The van der Waals surface area contributed by atoms with Crippen molar-refractivity contribution < 1.29 is 14.6 Å². The molecule has 0 saturated carbocycles. The molecule has 4 rings (SSSR count). The maximum atomic E-state index is 11.5. The number of rotatable bonds is 5. The van der Waals surface area contributed by atoms with Crippen LogP contribution in [0, 0.1) is 5.92 Å². The number of anilines is 2. The number of nitrogens with one attached hydrogen (secondary N) is 3. The van der Waals surface area contributed by atoms with Crippen molar-refractivity contribution in [2.24, 2.45) is 5.92 Å². The van der Waals surface area contributed by atoms with E-state index in [4.69, 9.17) is 20.4 Å². The summed E-state index contributed by atoms with van der Waals surface area (Å²) in [7, 11) is 3.39. The third kappa shape index (κ3) is 4.43. The molecule has 0 spiro atoms. The van der Waals surface area contributed by atoms with Crippen LogP contribution in [0.25, 0.3) is 22.2 Å².